The van der Waals surface area contributed by atoms with Crippen LogP contribution in [0.15, 0.2) is 18.3 Å². The van der Waals surface area contributed by atoms with E-state index >= 15 is 0 Å². The van der Waals surface area contributed by atoms with Gasteiger partial charge in [-0.05, 0) is 69.5 Å². The van der Waals surface area contributed by atoms with Crippen LogP contribution in [-0.2, 0) is 0 Å². The van der Waals surface area contributed by atoms with E-state index in [1.807, 2.05) is 0 Å². The standard InChI is InChI=1S/C23H31F2N5O2/c1-12(2)30-19(8-18(28-30)14-5-20(32-23(24)25)22(26)27-9-14)21-16-6-15(7-17(16)21)29-4-3-13(10-29)11-31/h5,8-9,12-13,15-17,21,23,31H,3-4,6-7,10-11H2,1-2H3,(H2,26,27)/t13-,15-,16-,17+,21+/m1/s1. The Labute approximate surface area is 186 Å². The Kier molecular flexibility index (Phi) is 5.57. The number of nitrogens with two attached hydrogens (primary N) is 1. The van der Waals surface area contributed by atoms with E-state index in [2.05, 4.69) is 39.2 Å². The van der Waals surface area contributed by atoms with E-state index in [4.69, 9.17) is 10.8 Å². The van der Waals surface area contributed by atoms with Crippen LogP contribution in [0.5, 0.6) is 5.75 Å². The van der Waals surface area contributed by atoms with Gasteiger partial charge in [-0.15, -0.1) is 0 Å². The number of likely N-dealkylation sites (tertiary alicyclic amines) is 1. The molecule has 2 aliphatic carbocycles. The highest BCUT2D eigenvalue weighted by atomic mass is 19.3. The molecule has 7 nitrogen and oxygen atoms in total. The van der Waals surface area contributed by atoms with Crippen molar-refractivity contribution in [1.29, 1.82) is 0 Å². The second-order valence-corrected chi connectivity index (χ2v) is 9.79. The number of aliphatic hydroxyl groups excluding tert-OH is 1. The maximum Gasteiger partial charge on any atom is 0.387 e. The van der Waals surface area contributed by atoms with Gasteiger partial charge in [0.15, 0.2) is 11.6 Å². The highest BCUT2D eigenvalue weighted by Crippen LogP contribution is 2.64. The number of ether oxygens (including phenoxy) is 1. The fourth-order valence-corrected chi connectivity index (χ4v) is 5.89. The first-order valence-corrected chi connectivity index (χ1v) is 11.5. The van der Waals surface area contributed by atoms with Crippen LogP contribution in [0.25, 0.3) is 11.3 Å². The molecule has 0 aromatic carbocycles. The first-order valence-electron chi connectivity index (χ1n) is 11.5. The average Bonchev–Trinajstić information content (AvgIpc) is 3.23. The molecule has 3 heterocycles. The number of aliphatic hydroxyl groups is 1. The van der Waals surface area contributed by atoms with Gasteiger partial charge in [0.25, 0.3) is 0 Å². The van der Waals surface area contributed by atoms with E-state index in [1.54, 1.807) is 6.20 Å². The Morgan fingerprint density at radius 3 is 2.62 bits per heavy atom. The summed E-state index contributed by atoms with van der Waals surface area (Å²) in [6.07, 6.45) is 5.05. The first kappa shape index (κ1) is 21.6. The molecule has 0 amide bonds. The van der Waals surface area contributed by atoms with E-state index in [1.165, 1.54) is 24.6 Å². The van der Waals surface area contributed by atoms with Gasteiger partial charge in [0.05, 0.1) is 5.69 Å². The monoisotopic (exact) mass is 447 g/mol. The molecule has 1 aliphatic heterocycles. The van der Waals surface area contributed by atoms with E-state index in [0.29, 0.717) is 47.6 Å². The fraction of sp³-hybridized carbons (Fsp3) is 0.652. The topological polar surface area (TPSA) is 89.4 Å². The summed E-state index contributed by atoms with van der Waals surface area (Å²) in [4.78, 5) is 6.59. The van der Waals surface area contributed by atoms with Gasteiger partial charge in [0, 0.05) is 48.6 Å². The number of fused-ring (bicyclic) bond motifs is 1. The van der Waals surface area contributed by atoms with Crippen LogP contribution >= 0.6 is 0 Å². The third-order valence-electron chi connectivity index (χ3n) is 7.50. The predicted molar refractivity (Wildman–Crippen MR) is 116 cm³/mol. The Balaban J connectivity index is 1.34. The van der Waals surface area contributed by atoms with Gasteiger partial charge in [0.1, 0.15) is 0 Å². The Hall–Kier alpha value is -2.26. The van der Waals surface area contributed by atoms with Gasteiger partial charge < -0.3 is 15.6 Å². The lowest BCUT2D eigenvalue weighted by atomic mass is 10.0. The van der Waals surface area contributed by atoms with Crippen LogP contribution in [0.3, 0.4) is 0 Å². The van der Waals surface area contributed by atoms with E-state index in [-0.39, 0.29) is 17.6 Å². The molecule has 3 aliphatic rings. The molecule has 3 fully saturated rings. The molecule has 9 heteroatoms. The Morgan fingerprint density at radius 1 is 1.25 bits per heavy atom. The average molecular weight is 448 g/mol. The number of anilines is 1. The summed E-state index contributed by atoms with van der Waals surface area (Å²) in [7, 11) is 0. The summed E-state index contributed by atoms with van der Waals surface area (Å²) >= 11 is 0. The summed E-state index contributed by atoms with van der Waals surface area (Å²) in [5.74, 6) is 2.06. The lowest BCUT2D eigenvalue weighted by Gasteiger charge is -2.26. The summed E-state index contributed by atoms with van der Waals surface area (Å²) in [6, 6.07) is 4.39. The van der Waals surface area contributed by atoms with Crippen molar-refractivity contribution in [2.75, 3.05) is 25.4 Å². The summed E-state index contributed by atoms with van der Waals surface area (Å²) in [5, 5.41) is 14.2. The van der Waals surface area contributed by atoms with E-state index in [0.717, 1.165) is 19.5 Å². The largest absolute Gasteiger partial charge is 0.431 e. The zero-order valence-electron chi connectivity index (χ0n) is 18.5. The SMILES string of the molecule is CC(C)n1nc(-c2cnc(N)c(OC(F)F)c2)cc1[C@H]1[C@@H]2C[C@@H](N3CC[C@@H](CO)C3)C[C@@H]21. The molecule has 32 heavy (non-hydrogen) atoms. The van der Waals surface area contributed by atoms with Gasteiger partial charge in [-0.1, -0.05) is 0 Å². The van der Waals surface area contributed by atoms with Crippen LogP contribution in [-0.4, -0.2) is 57.1 Å². The van der Waals surface area contributed by atoms with Crippen molar-refractivity contribution in [3.8, 4) is 17.0 Å². The van der Waals surface area contributed by atoms with Crippen molar-refractivity contribution in [1.82, 2.24) is 19.7 Å². The zero-order valence-corrected chi connectivity index (χ0v) is 18.5. The van der Waals surface area contributed by atoms with Crippen molar-refractivity contribution in [3.05, 3.63) is 24.0 Å². The maximum absolute atomic E-state index is 12.7. The Morgan fingerprint density at radius 2 is 2.00 bits per heavy atom. The molecule has 0 radical (unpaired) electrons. The highest BCUT2D eigenvalue weighted by Gasteiger charge is 2.59. The van der Waals surface area contributed by atoms with Gasteiger partial charge in [-0.25, -0.2) is 4.98 Å². The minimum absolute atomic E-state index is 0.0642. The van der Waals surface area contributed by atoms with Crippen molar-refractivity contribution >= 4 is 5.82 Å². The zero-order chi connectivity index (χ0) is 22.6. The number of hydrogen-bond donors (Lipinski definition) is 2. The van der Waals surface area contributed by atoms with Gasteiger partial charge in [-0.3, -0.25) is 9.58 Å². The van der Waals surface area contributed by atoms with Gasteiger partial charge in [-0.2, -0.15) is 13.9 Å². The minimum atomic E-state index is -2.96. The number of halogens is 2. The molecule has 2 saturated carbocycles. The second-order valence-electron chi connectivity index (χ2n) is 9.79. The number of aromatic nitrogens is 3. The maximum atomic E-state index is 12.7. The summed E-state index contributed by atoms with van der Waals surface area (Å²) < 4.78 is 32.0. The van der Waals surface area contributed by atoms with Crippen molar-refractivity contribution in [3.63, 3.8) is 0 Å². The van der Waals surface area contributed by atoms with Crippen LogP contribution in [0.1, 0.15) is 50.8 Å². The van der Waals surface area contributed by atoms with Gasteiger partial charge in [0.2, 0.25) is 0 Å². The molecule has 2 aromatic rings. The number of nitrogen functional groups attached to an aromatic ring is 1. The number of pyridine rings is 1. The first-order chi connectivity index (χ1) is 15.4. The van der Waals surface area contributed by atoms with Crippen LogP contribution in [0.4, 0.5) is 14.6 Å². The molecule has 0 bridgehead atoms. The van der Waals surface area contributed by atoms with E-state index in [9.17, 15) is 13.9 Å². The van der Waals surface area contributed by atoms with Crippen molar-refractivity contribution in [2.45, 2.75) is 57.7 Å². The highest BCUT2D eigenvalue weighted by molar-refractivity contribution is 5.64. The summed E-state index contributed by atoms with van der Waals surface area (Å²) in [5.41, 5.74) is 8.22. The quantitative estimate of drug-likeness (QED) is 0.675. The lowest BCUT2D eigenvalue weighted by Crippen LogP contribution is -2.33. The third kappa shape index (κ3) is 3.85. The lowest BCUT2D eigenvalue weighted by molar-refractivity contribution is -0.0494. The molecular weight excluding hydrogens is 416 g/mol. The molecule has 0 unspecified atom stereocenters. The number of nitrogens with zero attached hydrogens (tertiary/aromatic N) is 4. The van der Waals surface area contributed by atoms with Crippen molar-refractivity contribution < 1.29 is 18.6 Å². The smallest absolute Gasteiger partial charge is 0.387 e. The predicted octanol–water partition coefficient (Wildman–Crippen LogP) is 3.52. The van der Waals surface area contributed by atoms with Crippen LogP contribution < -0.4 is 10.5 Å². The number of hydrogen-bond acceptors (Lipinski definition) is 6. The molecular formula is C23H31F2N5O2. The second kappa shape index (κ2) is 8.26. The Bertz CT molecular complexity index is 969. The van der Waals surface area contributed by atoms with E-state index < -0.39 is 6.61 Å². The fourth-order valence-electron chi connectivity index (χ4n) is 5.89. The van der Waals surface area contributed by atoms with Gasteiger partial charge >= 0.3 is 6.61 Å². The molecule has 174 valence electrons. The van der Waals surface area contributed by atoms with Crippen LogP contribution in [0.2, 0.25) is 0 Å². The number of alkyl halides is 2. The third-order valence-corrected chi connectivity index (χ3v) is 7.50. The number of rotatable bonds is 7. The minimum Gasteiger partial charge on any atom is -0.431 e. The molecule has 5 atom stereocenters. The van der Waals surface area contributed by atoms with Crippen LogP contribution in [0, 0.1) is 17.8 Å². The normalized spacial score (nSPS) is 29.8. The molecule has 0 spiro atoms. The molecule has 2 aromatic heterocycles. The molecule has 1 saturated heterocycles. The summed E-state index contributed by atoms with van der Waals surface area (Å²) in [6.45, 7) is 3.66. The molecule has 3 N–H and O–H groups in total. The molecule has 5 rings (SSSR count). The van der Waals surface area contributed by atoms with Crippen molar-refractivity contribution in [2.24, 2.45) is 17.8 Å².